The van der Waals surface area contributed by atoms with Crippen LogP contribution in [0.4, 0.5) is 0 Å². The summed E-state index contributed by atoms with van der Waals surface area (Å²) in [6.07, 6.45) is 2.90. The van der Waals surface area contributed by atoms with Crippen molar-refractivity contribution in [2.45, 2.75) is 32.2 Å². The highest BCUT2D eigenvalue weighted by atomic mass is 16.5. The summed E-state index contributed by atoms with van der Waals surface area (Å²) >= 11 is 0. The van der Waals surface area contributed by atoms with Crippen molar-refractivity contribution in [2.24, 2.45) is 0 Å². The quantitative estimate of drug-likeness (QED) is 0.825. The Morgan fingerprint density at radius 3 is 2.86 bits per heavy atom. The number of carbonyl (C=O) groups is 2. The van der Waals surface area contributed by atoms with E-state index < -0.39 is 11.5 Å². The first-order valence-corrected chi connectivity index (χ1v) is 6.85. The number of esters is 1. The Hall–Kier alpha value is -2.37. The van der Waals surface area contributed by atoms with Crippen LogP contribution in [0.15, 0.2) is 24.4 Å². The number of fused-ring (bicyclic) bond motifs is 1. The highest BCUT2D eigenvalue weighted by molar-refractivity contribution is 6.06. The fourth-order valence-corrected chi connectivity index (χ4v) is 2.42. The summed E-state index contributed by atoms with van der Waals surface area (Å²) in [6.45, 7) is 3.62. The molecule has 1 atom stereocenters. The number of benzene rings is 1. The van der Waals surface area contributed by atoms with Crippen LogP contribution in [0.5, 0.6) is 0 Å². The molecule has 0 aliphatic heterocycles. The number of para-hydroxylation sites is 1. The van der Waals surface area contributed by atoms with E-state index in [1.54, 1.807) is 25.3 Å². The second-order valence-corrected chi connectivity index (χ2v) is 5.17. The molecular formula is C15H19N3O3. The summed E-state index contributed by atoms with van der Waals surface area (Å²) in [5, 5.41) is 10.4. The minimum atomic E-state index is -1.04. The number of H-pyrrole nitrogens is 1. The van der Waals surface area contributed by atoms with Crippen LogP contribution in [-0.4, -0.2) is 34.7 Å². The maximum Gasteiger partial charge on any atom is 0.331 e. The molecule has 0 bridgehead atoms. The third kappa shape index (κ3) is 2.89. The number of methoxy groups -OCH3 is 1. The van der Waals surface area contributed by atoms with Gasteiger partial charge in [0.15, 0.2) is 0 Å². The molecular weight excluding hydrogens is 270 g/mol. The van der Waals surface area contributed by atoms with E-state index in [-0.39, 0.29) is 5.91 Å². The van der Waals surface area contributed by atoms with E-state index in [2.05, 4.69) is 15.5 Å². The first-order chi connectivity index (χ1) is 10.0. The van der Waals surface area contributed by atoms with Gasteiger partial charge in [-0.25, -0.2) is 4.79 Å². The molecule has 1 aromatic heterocycles. The van der Waals surface area contributed by atoms with Gasteiger partial charge in [-0.05, 0) is 19.4 Å². The van der Waals surface area contributed by atoms with Crippen molar-refractivity contribution in [2.75, 3.05) is 7.11 Å². The summed E-state index contributed by atoms with van der Waals surface area (Å²) in [5.41, 5.74) is 0.0675. The number of nitrogens with one attached hydrogen (secondary N) is 2. The molecule has 6 heteroatoms. The Kier molecular flexibility index (Phi) is 4.26. The summed E-state index contributed by atoms with van der Waals surface area (Å²) in [6, 6.07) is 5.34. The minimum Gasteiger partial charge on any atom is -0.467 e. The molecule has 1 heterocycles. The lowest BCUT2D eigenvalue weighted by atomic mass is 9.95. The molecule has 0 radical (unpaired) electrons. The number of amides is 1. The molecule has 0 fully saturated rings. The molecule has 0 aliphatic carbocycles. The Morgan fingerprint density at radius 1 is 1.43 bits per heavy atom. The molecule has 2 aromatic rings. The van der Waals surface area contributed by atoms with E-state index in [0.717, 1.165) is 11.8 Å². The van der Waals surface area contributed by atoms with Gasteiger partial charge in [0, 0.05) is 5.39 Å². The van der Waals surface area contributed by atoms with Gasteiger partial charge < -0.3 is 10.1 Å². The Bertz CT molecular complexity index is 665. The molecule has 21 heavy (non-hydrogen) atoms. The molecule has 1 unspecified atom stereocenters. The largest absolute Gasteiger partial charge is 0.467 e. The Morgan fingerprint density at radius 2 is 2.19 bits per heavy atom. The van der Waals surface area contributed by atoms with E-state index in [1.807, 2.05) is 13.0 Å². The number of aromatic amines is 1. The van der Waals surface area contributed by atoms with Gasteiger partial charge in [-0.2, -0.15) is 5.10 Å². The van der Waals surface area contributed by atoms with Crippen molar-refractivity contribution in [1.82, 2.24) is 15.5 Å². The van der Waals surface area contributed by atoms with E-state index in [1.165, 1.54) is 7.11 Å². The molecule has 0 aliphatic rings. The zero-order valence-corrected chi connectivity index (χ0v) is 12.4. The second kappa shape index (κ2) is 5.95. The Balaban J connectivity index is 2.31. The van der Waals surface area contributed by atoms with Crippen LogP contribution in [0.3, 0.4) is 0 Å². The van der Waals surface area contributed by atoms with Crippen molar-refractivity contribution in [3.8, 4) is 0 Å². The maximum atomic E-state index is 12.5. The predicted molar refractivity (Wildman–Crippen MR) is 78.9 cm³/mol. The van der Waals surface area contributed by atoms with Crippen LogP contribution in [0.25, 0.3) is 10.9 Å². The summed E-state index contributed by atoms with van der Waals surface area (Å²) < 4.78 is 4.80. The zero-order chi connectivity index (χ0) is 15.5. The van der Waals surface area contributed by atoms with Crippen LogP contribution in [0.2, 0.25) is 0 Å². The molecule has 1 amide bonds. The molecule has 0 saturated carbocycles. The number of carbonyl (C=O) groups excluding carboxylic acids is 2. The third-order valence-electron chi connectivity index (χ3n) is 3.50. The number of hydrogen-bond donors (Lipinski definition) is 2. The van der Waals surface area contributed by atoms with Gasteiger partial charge in [0.05, 0.1) is 24.4 Å². The molecule has 0 saturated heterocycles. The minimum absolute atomic E-state index is 0.328. The van der Waals surface area contributed by atoms with Crippen LogP contribution >= 0.6 is 0 Å². The molecule has 112 valence electrons. The van der Waals surface area contributed by atoms with Gasteiger partial charge in [-0.1, -0.05) is 25.5 Å². The lowest BCUT2D eigenvalue weighted by Gasteiger charge is -2.27. The first kappa shape index (κ1) is 15.0. The number of hydrogen-bond acceptors (Lipinski definition) is 4. The smallest absolute Gasteiger partial charge is 0.331 e. The fraction of sp³-hybridized carbons (Fsp3) is 0.400. The topological polar surface area (TPSA) is 84.1 Å². The average Bonchev–Trinajstić information content (AvgIpc) is 2.94. The molecule has 1 aromatic carbocycles. The standard InChI is InChI=1S/C15H19N3O3/c1-4-8-15(2,14(20)21-3)17-13(19)11-7-5-6-10-9-16-18-12(10)11/h5-7,9H,4,8H2,1-3H3,(H,16,18)(H,17,19). The van der Waals surface area contributed by atoms with Gasteiger partial charge in [0.2, 0.25) is 0 Å². The summed E-state index contributed by atoms with van der Waals surface area (Å²) in [4.78, 5) is 24.4. The van der Waals surface area contributed by atoms with Gasteiger partial charge >= 0.3 is 5.97 Å². The molecule has 0 spiro atoms. The van der Waals surface area contributed by atoms with Crippen molar-refractivity contribution >= 4 is 22.8 Å². The van der Waals surface area contributed by atoms with E-state index >= 15 is 0 Å². The highest BCUT2D eigenvalue weighted by Gasteiger charge is 2.35. The predicted octanol–water partition coefficient (Wildman–Crippen LogP) is 2.02. The van der Waals surface area contributed by atoms with Crippen molar-refractivity contribution < 1.29 is 14.3 Å². The zero-order valence-electron chi connectivity index (χ0n) is 12.4. The number of ether oxygens (including phenoxy) is 1. The van der Waals surface area contributed by atoms with E-state index in [4.69, 9.17) is 4.74 Å². The van der Waals surface area contributed by atoms with Crippen LogP contribution in [0, 0.1) is 0 Å². The van der Waals surface area contributed by atoms with Crippen LogP contribution in [0.1, 0.15) is 37.0 Å². The van der Waals surface area contributed by atoms with Crippen LogP contribution < -0.4 is 5.32 Å². The molecule has 6 nitrogen and oxygen atoms in total. The monoisotopic (exact) mass is 289 g/mol. The first-order valence-electron chi connectivity index (χ1n) is 6.85. The van der Waals surface area contributed by atoms with E-state index in [0.29, 0.717) is 17.5 Å². The third-order valence-corrected chi connectivity index (χ3v) is 3.50. The highest BCUT2D eigenvalue weighted by Crippen LogP contribution is 2.19. The van der Waals surface area contributed by atoms with Gasteiger partial charge in [-0.15, -0.1) is 0 Å². The number of rotatable bonds is 5. The second-order valence-electron chi connectivity index (χ2n) is 5.17. The molecule has 2 rings (SSSR count). The lowest BCUT2D eigenvalue weighted by Crippen LogP contribution is -2.52. The summed E-state index contributed by atoms with van der Waals surface area (Å²) in [7, 11) is 1.32. The van der Waals surface area contributed by atoms with Crippen molar-refractivity contribution in [3.05, 3.63) is 30.0 Å². The number of nitrogens with zero attached hydrogens (tertiary/aromatic N) is 1. The fourth-order valence-electron chi connectivity index (χ4n) is 2.42. The van der Waals surface area contributed by atoms with E-state index in [9.17, 15) is 9.59 Å². The molecule has 2 N–H and O–H groups in total. The normalized spacial score (nSPS) is 13.7. The number of aromatic nitrogens is 2. The maximum absolute atomic E-state index is 12.5. The van der Waals surface area contributed by atoms with Crippen molar-refractivity contribution in [1.29, 1.82) is 0 Å². The van der Waals surface area contributed by atoms with Crippen LogP contribution in [-0.2, 0) is 9.53 Å². The summed E-state index contributed by atoms with van der Waals surface area (Å²) in [5.74, 6) is -0.777. The Labute approximate surface area is 122 Å². The lowest BCUT2D eigenvalue weighted by molar-refractivity contribution is -0.147. The van der Waals surface area contributed by atoms with Gasteiger partial charge in [0.1, 0.15) is 5.54 Å². The average molecular weight is 289 g/mol. The van der Waals surface area contributed by atoms with Crippen molar-refractivity contribution in [3.63, 3.8) is 0 Å². The van der Waals surface area contributed by atoms with Gasteiger partial charge in [-0.3, -0.25) is 9.89 Å². The van der Waals surface area contributed by atoms with Gasteiger partial charge in [0.25, 0.3) is 5.91 Å². The SMILES string of the molecule is CCCC(C)(NC(=O)c1cccc2cn[nH]c12)C(=O)OC.